The highest BCUT2D eigenvalue weighted by atomic mass is 16.2. The molecule has 1 fully saturated rings. The van der Waals surface area contributed by atoms with Crippen LogP contribution in [0.1, 0.15) is 37.1 Å². The lowest BCUT2D eigenvalue weighted by Crippen LogP contribution is -2.57. The van der Waals surface area contributed by atoms with E-state index in [1.165, 1.54) is 12.8 Å². The van der Waals surface area contributed by atoms with Crippen molar-refractivity contribution in [3.63, 3.8) is 0 Å². The van der Waals surface area contributed by atoms with Crippen molar-refractivity contribution in [3.8, 4) is 0 Å². The molecule has 0 radical (unpaired) electrons. The highest BCUT2D eigenvalue weighted by molar-refractivity contribution is 5.82. The highest BCUT2D eigenvalue weighted by Gasteiger charge is 2.45. The average Bonchev–Trinajstić information content (AvgIpc) is 3.28. The zero-order valence-electron chi connectivity index (χ0n) is 13.1. The van der Waals surface area contributed by atoms with Gasteiger partial charge in [-0.2, -0.15) is 5.10 Å². The normalized spacial score (nSPS) is 22.2. The molecule has 1 aliphatic heterocycles. The van der Waals surface area contributed by atoms with Crippen LogP contribution in [0.2, 0.25) is 0 Å². The number of carbonyl (C=O) groups is 1. The minimum absolute atomic E-state index is 0.0590. The molecule has 1 saturated carbocycles. The zero-order chi connectivity index (χ0) is 15.7. The maximum Gasteiger partial charge on any atom is 0.237 e. The summed E-state index contributed by atoms with van der Waals surface area (Å²) in [6.07, 6.45) is 10.6. The number of fused-ring (bicyclic) bond motifs is 2. The molecular weight excluding hydrogens is 292 g/mol. The lowest BCUT2D eigenvalue weighted by molar-refractivity contribution is -0.124. The number of H-pyrrole nitrogens is 1. The number of aromatic nitrogens is 4. The van der Waals surface area contributed by atoms with Gasteiger partial charge in [-0.05, 0) is 18.9 Å². The van der Waals surface area contributed by atoms with E-state index in [1.807, 2.05) is 16.9 Å². The number of hydrogen-bond donors (Lipinski definition) is 3. The molecule has 1 atom stereocenters. The van der Waals surface area contributed by atoms with Crippen molar-refractivity contribution >= 4 is 5.91 Å². The lowest BCUT2D eigenvalue weighted by Gasteiger charge is -2.38. The Hall–Kier alpha value is -2.15. The second-order valence-corrected chi connectivity index (χ2v) is 6.48. The summed E-state index contributed by atoms with van der Waals surface area (Å²) in [5.41, 5.74) is 2.12. The molecule has 7 nitrogen and oxygen atoms in total. The topological polar surface area (TPSA) is 87.6 Å². The summed E-state index contributed by atoms with van der Waals surface area (Å²) in [5, 5.41) is 10.8. The predicted octanol–water partition coefficient (Wildman–Crippen LogP) is 0.706. The first-order chi connectivity index (χ1) is 11.3. The van der Waals surface area contributed by atoms with Gasteiger partial charge < -0.3 is 10.3 Å². The molecule has 0 bridgehead atoms. The fourth-order valence-electron chi connectivity index (χ4n) is 3.91. The number of amides is 1. The van der Waals surface area contributed by atoms with Crippen LogP contribution in [0.5, 0.6) is 0 Å². The van der Waals surface area contributed by atoms with Crippen molar-refractivity contribution in [1.29, 1.82) is 0 Å². The largest absolute Gasteiger partial charge is 0.353 e. The number of rotatable bonds is 4. The van der Waals surface area contributed by atoms with Crippen LogP contribution in [0.25, 0.3) is 0 Å². The van der Waals surface area contributed by atoms with Gasteiger partial charge in [0.15, 0.2) is 0 Å². The molecule has 3 heterocycles. The van der Waals surface area contributed by atoms with Crippen molar-refractivity contribution in [2.75, 3.05) is 6.54 Å². The van der Waals surface area contributed by atoms with Gasteiger partial charge in [0.2, 0.25) is 5.91 Å². The summed E-state index contributed by atoms with van der Waals surface area (Å²) in [7, 11) is 0. The van der Waals surface area contributed by atoms with Crippen molar-refractivity contribution in [2.45, 2.75) is 50.2 Å². The fourth-order valence-corrected chi connectivity index (χ4v) is 3.91. The van der Waals surface area contributed by atoms with Gasteiger partial charge in [0, 0.05) is 31.1 Å². The summed E-state index contributed by atoms with van der Waals surface area (Å²) in [6, 6.07) is 1.69. The Balaban J connectivity index is 1.42. The molecule has 2 aliphatic rings. The molecule has 1 unspecified atom stereocenters. The molecule has 0 saturated heterocycles. The summed E-state index contributed by atoms with van der Waals surface area (Å²) < 4.78 is 1.82. The number of nitrogens with zero attached hydrogens (tertiary/aromatic N) is 3. The third-order valence-electron chi connectivity index (χ3n) is 5.00. The first-order valence-corrected chi connectivity index (χ1v) is 8.32. The van der Waals surface area contributed by atoms with Gasteiger partial charge in [-0.1, -0.05) is 12.8 Å². The third-order valence-corrected chi connectivity index (χ3v) is 5.00. The monoisotopic (exact) mass is 314 g/mol. The number of carbonyl (C=O) groups excluding carboxylic acids is 1. The Labute approximate surface area is 134 Å². The van der Waals surface area contributed by atoms with Gasteiger partial charge >= 0.3 is 0 Å². The SMILES string of the molecule is O=C(NCCn1cccn1)C1Cc2[nH]cnc2C2(CCCC2)N1. The minimum atomic E-state index is -0.196. The molecule has 7 heteroatoms. The van der Waals surface area contributed by atoms with Gasteiger partial charge in [0.1, 0.15) is 0 Å². The highest BCUT2D eigenvalue weighted by Crippen LogP contribution is 2.41. The number of imidazole rings is 1. The summed E-state index contributed by atoms with van der Waals surface area (Å²) in [5.74, 6) is 0.0590. The van der Waals surface area contributed by atoms with Crippen LogP contribution in [-0.2, 0) is 23.3 Å². The quantitative estimate of drug-likeness (QED) is 0.775. The van der Waals surface area contributed by atoms with E-state index in [4.69, 9.17) is 0 Å². The van der Waals surface area contributed by atoms with Crippen molar-refractivity contribution in [3.05, 3.63) is 36.2 Å². The van der Waals surface area contributed by atoms with E-state index in [2.05, 4.69) is 25.7 Å². The number of nitrogens with one attached hydrogen (secondary N) is 3. The Morgan fingerprint density at radius 3 is 3.09 bits per heavy atom. The van der Waals surface area contributed by atoms with Crippen LogP contribution < -0.4 is 10.6 Å². The Morgan fingerprint density at radius 2 is 2.30 bits per heavy atom. The third kappa shape index (κ3) is 2.65. The Kier molecular flexibility index (Phi) is 3.65. The van der Waals surface area contributed by atoms with Gasteiger partial charge in [-0.3, -0.25) is 14.8 Å². The summed E-state index contributed by atoms with van der Waals surface area (Å²) >= 11 is 0. The summed E-state index contributed by atoms with van der Waals surface area (Å²) in [6.45, 7) is 1.27. The molecule has 1 aliphatic carbocycles. The first kappa shape index (κ1) is 14.4. The molecule has 1 spiro atoms. The second kappa shape index (κ2) is 5.81. The molecule has 2 aromatic rings. The van der Waals surface area contributed by atoms with Crippen molar-refractivity contribution in [1.82, 2.24) is 30.4 Å². The first-order valence-electron chi connectivity index (χ1n) is 8.32. The smallest absolute Gasteiger partial charge is 0.237 e. The average molecular weight is 314 g/mol. The van der Waals surface area contributed by atoms with E-state index < -0.39 is 0 Å². The standard InChI is InChI=1S/C16H22N6O/c23-15(17-7-9-22-8-3-6-20-22)13-10-12-14(19-11-18-12)16(21-13)4-1-2-5-16/h3,6,8,11,13,21H,1-2,4-5,7,9-10H2,(H,17,23)(H,18,19). The maximum atomic E-state index is 12.6. The van der Waals surface area contributed by atoms with Crippen LogP contribution in [-0.4, -0.2) is 38.2 Å². The molecule has 1 amide bonds. The molecule has 122 valence electrons. The molecule has 2 aromatic heterocycles. The van der Waals surface area contributed by atoms with E-state index in [9.17, 15) is 4.79 Å². The van der Waals surface area contributed by atoms with E-state index in [0.29, 0.717) is 19.5 Å². The van der Waals surface area contributed by atoms with Gasteiger partial charge in [-0.15, -0.1) is 0 Å². The van der Waals surface area contributed by atoms with E-state index in [0.717, 1.165) is 24.2 Å². The van der Waals surface area contributed by atoms with Gasteiger partial charge in [-0.25, -0.2) is 4.98 Å². The number of aromatic amines is 1. The Morgan fingerprint density at radius 1 is 1.43 bits per heavy atom. The molecule has 23 heavy (non-hydrogen) atoms. The zero-order valence-corrected chi connectivity index (χ0v) is 13.1. The maximum absolute atomic E-state index is 12.6. The minimum Gasteiger partial charge on any atom is -0.353 e. The van der Waals surface area contributed by atoms with E-state index in [-0.39, 0.29) is 17.5 Å². The predicted molar refractivity (Wildman–Crippen MR) is 84.6 cm³/mol. The fraction of sp³-hybridized carbons (Fsp3) is 0.562. The molecule has 4 rings (SSSR count). The van der Waals surface area contributed by atoms with E-state index >= 15 is 0 Å². The van der Waals surface area contributed by atoms with Crippen molar-refractivity contribution in [2.24, 2.45) is 0 Å². The van der Waals surface area contributed by atoms with Crippen LogP contribution in [0.15, 0.2) is 24.8 Å². The lowest BCUT2D eigenvalue weighted by atomic mass is 9.85. The molecule has 3 N–H and O–H groups in total. The molecular formula is C16H22N6O. The second-order valence-electron chi connectivity index (χ2n) is 6.48. The summed E-state index contributed by atoms with van der Waals surface area (Å²) in [4.78, 5) is 20.3. The van der Waals surface area contributed by atoms with Crippen LogP contribution in [0.4, 0.5) is 0 Å². The molecule has 0 aromatic carbocycles. The Bertz CT molecular complexity index is 671. The van der Waals surface area contributed by atoms with E-state index in [1.54, 1.807) is 12.5 Å². The van der Waals surface area contributed by atoms with Gasteiger partial charge in [0.05, 0.1) is 30.1 Å². The van der Waals surface area contributed by atoms with Crippen LogP contribution in [0, 0.1) is 0 Å². The van der Waals surface area contributed by atoms with Gasteiger partial charge in [0.25, 0.3) is 0 Å². The number of hydrogen-bond acceptors (Lipinski definition) is 4. The van der Waals surface area contributed by atoms with Crippen LogP contribution >= 0.6 is 0 Å². The van der Waals surface area contributed by atoms with Crippen LogP contribution in [0.3, 0.4) is 0 Å². The van der Waals surface area contributed by atoms with Crippen molar-refractivity contribution < 1.29 is 4.79 Å².